The van der Waals surface area contributed by atoms with Crippen molar-refractivity contribution in [1.29, 1.82) is 0 Å². The number of pyridine rings is 1. The summed E-state index contributed by atoms with van der Waals surface area (Å²) in [4.78, 5) is 26.8. The first-order chi connectivity index (χ1) is 15.6. The number of H-pyrrole nitrogens is 1. The fourth-order valence-corrected chi connectivity index (χ4v) is 4.95. The molecule has 0 radical (unpaired) electrons. The van der Waals surface area contributed by atoms with Gasteiger partial charge in [0, 0.05) is 49.5 Å². The number of fused-ring (bicyclic) bond motifs is 1. The van der Waals surface area contributed by atoms with Crippen molar-refractivity contribution in [3.05, 3.63) is 48.4 Å². The molecule has 1 aliphatic rings. The number of aryl methyl sites for hydroxylation is 1. The van der Waals surface area contributed by atoms with E-state index in [-0.39, 0.29) is 5.91 Å². The fourth-order valence-electron chi connectivity index (χ4n) is 3.97. The normalized spacial score (nSPS) is 15.3. The minimum atomic E-state index is -0.0139. The number of anilines is 1. The number of aromatic amines is 1. The number of thiazole rings is 1. The average molecular weight is 448 g/mol. The molecule has 1 saturated heterocycles. The molecule has 1 fully saturated rings. The molecule has 8 nitrogen and oxygen atoms in total. The molecule has 4 aromatic rings. The summed E-state index contributed by atoms with van der Waals surface area (Å²) in [7, 11) is 2.11. The Hall–Kier alpha value is -3.14. The molecule has 0 aliphatic carbocycles. The molecule has 5 rings (SSSR count). The summed E-state index contributed by atoms with van der Waals surface area (Å²) in [5.74, 6) is -0.0139. The van der Waals surface area contributed by atoms with E-state index in [1.807, 2.05) is 25.3 Å². The van der Waals surface area contributed by atoms with E-state index in [1.165, 1.54) is 11.3 Å². The Morgan fingerprint density at radius 2 is 2.03 bits per heavy atom. The van der Waals surface area contributed by atoms with Gasteiger partial charge in [0.2, 0.25) is 5.91 Å². The summed E-state index contributed by atoms with van der Waals surface area (Å²) in [6.45, 7) is 6.19. The standard InChI is InChI=1S/C23H25N7OS/c1-15-22(32-23(25-15)26-20(31)14-30-10-8-29(2)9-11-30)16-5-6-18-19(12-16)27-28-21(18)17-4-3-7-24-13-17/h3-7,12-13H,8-11,14H2,1-2H3,(H,27,28)(H,25,26,31). The lowest BCUT2D eigenvalue weighted by Gasteiger charge is -2.31. The predicted molar refractivity (Wildman–Crippen MR) is 128 cm³/mol. The lowest BCUT2D eigenvalue weighted by atomic mass is 10.1. The number of nitrogens with zero attached hydrogens (tertiary/aromatic N) is 5. The number of amides is 1. The minimum Gasteiger partial charge on any atom is -0.304 e. The molecular weight excluding hydrogens is 422 g/mol. The molecule has 4 heterocycles. The van der Waals surface area contributed by atoms with Crippen LogP contribution in [0.15, 0.2) is 42.7 Å². The highest BCUT2D eigenvalue weighted by Crippen LogP contribution is 2.35. The molecule has 0 bridgehead atoms. The zero-order valence-electron chi connectivity index (χ0n) is 18.1. The maximum absolute atomic E-state index is 12.5. The first-order valence-corrected chi connectivity index (χ1v) is 11.5. The lowest BCUT2D eigenvalue weighted by Crippen LogP contribution is -2.47. The second kappa shape index (κ2) is 8.78. The maximum atomic E-state index is 12.5. The van der Waals surface area contributed by atoms with Gasteiger partial charge in [0.05, 0.1) is 22.6 Å². The number of piperazine rings is 1. The molecule has 0 saturated carbocycles. The molecule has 1 amide bonds. The molecule has 3 aromatic heterocycles. The molecule has 9 heteroatoms. The van der Waals surface area contributed by atoms with Crippen LogP contribution in [0, 0.1) is 6.92 Å². The zero-order chi connectivity index (χ0) is 22.1. The van der Waals surface area contributed by atoms with Gasteiger partial charge < -0.3 is 10.2 Å². The monoisotopic (exact) mass is 447 g/mol. The van der Waals surface area contributed by atoms with E-state index < -0.39 is 0 Å². The fraction of sp³-hybridized carbons (Fsp3) is 0.304. The Morgan fingerprint density at radius 1 is 1.19 bits per heavy atom. The van der Waals surface area contributed by atoms with Crippen LogP contribution in [0.3, 0.4) is 0 Å². The Bertz CT molecular complexity index is 1240. The van der Waals surface area contributed by atoms with Crippen molar-refractivity contribution < 1.29 is 4.79 Å². The van der Waals surface area contributed by atoms with Crippen LogP contribution in [-0.2, 0) is 4.79 Å². The van der Waals surface area contributed by atoms with Gasteiger partial charge in [-0.25, -0.2) is 4.98 Å². The second-order valence-electron chi connectivity index (χ2n) is 8.14. The number of carbonyl (C=O) groups is 1. The van der Waals surface area contributed by atoms with Crippen molar-refractivity contribution in [1.82, 2.24) is 30.0 Å². The third-order valence-corrected chi connectivity index (χ3v) is 6.89. The zero-order valence-corrected chi connectivity index (χ0v) is 18.9. The summed E-state index contributed by atoms with van der Waals surface area (Å²) in [6, 6.07) is 10.1. The molecule has 0 unspecified atom stereocenters. The lowest BCUT2D eigenvalue weighted by molar-refractivity contribution is -0.117. The number of carbonyl (C=O) groups excluding carboxylic acids is 1. The molecule has 1 aliphatic heterocycles. The maximum Gasteiger partial charge on any atom is 0.240 e. The molecule has 164 valence electrons. The number of rotatable bonds is 5. The quantitative estimate of drug-likeness (QED) is 0.488. The largest absolute Gasteiger partial charge is 0.304 e. The van der Waals surface area contributed by atoms with Crippen molar-refractivity contribution in [2.75, 3.05) is 45.1 Å². The summed E-state index contributed by atoms with van der Waals surface area (Å²) >= 11 is 1.50. The molecule has 1 aromatic carbocycles. The number of aromatic nitrogens is 4. The predicted octanol–water partition coefficient (Wildman–Crippen LogP) is 3.24. The van der Waals surface area contributed by atoms with Gasteiger partial charge in [0.15, 0.2) is 5.13 Å². The van der Waals surface area contributed by atoms with Gasteiger partial charge in [-0.15, -0.1) is 0 Å². The van der Waals surface area contributed by atoms with E-state index in [1.54, 1.807) is 6.20 Å². The summed E-state index contributed by atoms with van der Waals surface area (Å²) in [5.41, 5.74) is 4.77. The van der Waals surface area contributed by atoms with Gasteiger partial charge in [-0.2, -0.15) is 5.10 Å². The van der Waals surface area contributed by atoms with Gasteiger partial charge in [-0.1, -0.05) is 17.4 Å². The smallest absolute Gasteiger partial charge is 0.240 e. The van der Waals surface area contributed by atoms with Crippen LogP contribution in [0.25, 0.3) is 32.6 Å². The van der Waals surface area contributed by atoms with Crippen molar-refractivity contribution in [2.45, 2.75) is 6.92 Å². The van der Waals surface area contributed by atoms with E-state index in [2.05, 4.69) is 60.5 Å². The third kappa shape index (κ3) is 4.27. The Balaban J connectivity index is 1.32. The number of nitrogens with one attached hydrogen (secondary N) is 2. The first-order valence-electron chi connectivity index (χ1n) is 10.6. The Morgan fingerprint density at radius 3 is 2.81 bits per heavy atom. The van der Waals surface area contributed by atoms with Gasteiger partial charge >= 0.3 is 0 Å². The van der Waals surface area contributed by atoms with E-state index in [9.17, 15) is 4.79 Å². The highest BCUT2D eigenvalue weighted by atomic mass is 32.1. The Labute approximate surface area is 190 Å². The highest BCUT2D eigenvalue weighted by Gasteiger charge is 2.18. The van der Waals surface area contributed by atoms with Gasteiger partial charge in [-0.05, 0) is 43.8 Å². The van der Waals surface area contributed by atoms with E-state index in [4.69, 9.17) is 0 Å². The SMILES string of the molecule is Cc1nc(NC(=O)CN2CCN(C)CC2)sc1-c1ccc2c(-c3cccnc3)n[nH]c2c1. The van der Waals surface area contributed by atoms with Gasteiger partial charge in [0.1, 0.15) is 5.69 Å². The van der Waals surface area contributed by atoms with E-state index >= 15 is 0 Å². The van der Waals surface area contributed by atoms with Crippen LogP contribution in [-0.4, -0.2) is 75.6 Å². The van der Waals surface area contributed by atoms with E-state index in [0.717, 1.165) is 64.5 Å². The first kappa shape index (κ1) is 20.7. The van der Waals surface area contributed by atoms with E-state index in [0.29, 0.717) is 11.7 Å². The molecule has 32 heavy (non-hydrogen) atoms. The molecule has 0 atom stereocenters. The summed E-state index contributed by atoms with van der Waals surface area (Å²) < 4.78 is 0. The summed E-state index contributed by atoms with van der Waals surface area (Å²) in [6.07, 6.45) is 3.57. The van der Waals surface area contributed by atoms with Crippen LogP contribution in [0.1, 0.15) is 5.69 Å². The number of benzene rings is 1. The van der Waals surface area contributed by atoms with Crippen molar-refractivity contribution in [2.24, 2.45) is 0 Å². The topological polar surface area (TPSA) is 90.0 Å². The van der Waals surface area contributed by atoms with Crippen molar-refractivity contribution >= 4 is 33.3 Å². The third-order valence-electron chi connectivity index (χ3n) is 5.77. The second-order valence-corrected chi connectivity index (χ2v) is 9.13. The van der Waals surface area contributed by atoms with Gasteiger partial charge in [-0.3, -0.25) is 19.8 Å². The number of likely N-dealkylation sites (N-methyl/N-ethyl adjacent to an activating group) is 1. The molecule has 2 N–H and O–H groups in total. The number of hydrogen-bond acceptors (Lipinski definition) is 7. The number of hydrogen-bond donors (Lipinski definition) is 2. The average Bonchev–Trinajstić information content (AvgIpc) is 3.38. The minimum absolute atomic E-state index is 0.0139. The van der Waals surface area contributed by atoms with Crippen molar-refractivity contribution in [3.63, 3.8) is 0 Å². The van der Waals surface area contributed by atoms with Crippen LogP contribution in [0.5, 0.6) is 0 Å². The van der Waals surface area contributed by atoms with Crippen LogP contribution >= 0.6 is 11.3 Å². The Kier molecular flexibility index (Phi) is 5.69. The van der Waals surface area contributed by atoms with Crippen molar-refractivity contribution in [3.8, 4) is 21.7 Å². The molecular formula is C23H25N7OS. The van der Waals surface area contributed by atoms with Crippen LogP contribution < -0.4 is 5.32 Å². The van der Waals surface area contributed by atoms with Crippen LogP contribution in [0.4, 0.5) is 5.13 Å². The highest BCUT2D eigenvalue weighted by molar-refractivity contribution is 7.19. The summed E-state index contributed by atoms with van der Waals surface area (Å²) in [5, 5.41) is 12.3. The molecule has 0 spiro atoms. The van der Waals surface area contributed by atoms with Gasteiger partial charge in [0.25, 0.3) is 0 Å². The van der Waals surface area contributed by atoms with Crippen LogP contribution in [0.2, 0.25) is 0 Å².